The fourth-order valence-electron chi connectivity index (χ4n) is 1.23. The molecule has 3 heteroatoms. The minimum Gasteiger partial charge on any atom is -0.396 e. The van der Waals surface area contributed by atoms with E-state index in [1.165, 1.54) is 30.8 Å². The topological polar surface area (TPSA) is 20.2 Å². The molecule has 0 unspecified atom stereocenters. The van der Waals surface area contributed by atoms with Crippen LogP contribution >= 0.6 is 21.6 Å². The van der Waals surface area contributed by atoms with Crippen LogP contribution in [-0.4, -0.2) is 23.2 Å². The lowest BCUT2D eigenvalue weighted by Crippen LogP contribution is -2.00. The van der Waals surface area contributed by atoms with Crippen molar-refractivity contribution in [1.29, 1.82) is 0 Å². The van der Waals surface area contributed by atoms with Gasteiger partial charge in [0.15, 0.2) is 0 Å². The van der Waals surface area contributed by atoms with E-state index in [4.69, 9.17) is 5.11 Å². The van der Waals surface area contributed by atoms with Gasteiger partial charge >= 0.3 is 0 Å². The first-order valence-electron chi connectivity index (χ1n) is 4.28. The predicted molar refractivity (Wildman–Crippen MR) is 54.0 cm³/mol. The summed E-state index contributed by atoms with van der Waals surface area (Å²) in [6, 6.07) is 0. The lowest BCUT2D eigenvalue weighted by Gasteiger charge is -2.05. The number of hydrogen-bond acceptors (Lipinski definition) is 3. The van der Waals surface area contributed by atoms with E-state index >= 15 is 0 Å². The number of hydrogen-bond donors (Lipinski definition) is 1. The SMILES string of the molecule is OCCCCCC1CSSC1. The number of unbranched alkanes of at least 4 members (excludes halogenated alkanes) is 2. The molecular weight excluding hydrogens is 176 g/mol. The summed E-state index contributed by atoms with van der Waals surface area (Å²) in [6.07, 6.45) is 4.89. The van der Waals surface area contributed by atoms with E-state index in [1.807, 2.05) is 21.6 Å². The Hall–Kier alpha value is 0.660. The summed E-state index contributed by atoms with van der Waals surface area (Å²) in [5.41, 5.74) is 0. The molecule has 0 aromatic heterocycles. The van der Waals surface area contributed by atoms with E-state index in [-0.39, 0.29) is 0 Å². The molecule has 0 bridgehead atoms. The molecule has 0 spiro atoms. The van der Waals surface area contributed by atoms with Gasteiger partial charge in [-0.3, -0.25) is 0 Å². The van der Waals surface area contributed by atoms with Crippen LogP contribution in [0.1, 0.15) is 25.7 Å². The Bertz CT molecular complexity index is 92.1. The highest BCUT2D eigenvalue weighted by atomic mass is 33.1. The Morgan fingerprint density at radius 2 is 1.82 bits per heavy atom. The van der Waals surface area contributed by atoms with Crippen LogP contribution in [0.4, 0.5) is 0 Å². The van der Waals surface area contributed by atoms with Crippen LogP contribution in [0.15, 0.2) is 0 Å². The van der Waals surface area contributed by atoms with Crippen molar-refractivity contribution in [2.45, 2.75) is 25.7 Å². The van der Waals surface area contributed by atoms with Crippen LogP contribution in [0, 0.1) is 5.92 Å². The molecule has 0 aliphatic carbocycles. The van der Waals surface area contributed by atoms with Gasteiger partial charge in [-0.15, -0.1) is 0 Å². The average Bonchev–Trinajstić information content (AvgIpc) is 2.50. The molecule has 0 aromatic carbocycles. The normalized spacial score (nSPS) is 19.4. The van der Waals surface area contributed by atoms with Crippen molar-refractivity contribution >= 4 is 21.6 Å². The van der Waals surface area contributed by atoms with Gasteiger partial charge in [0.1, 0.15) is 0 Å². The van der Waals surface area contributed by atoms with E-state index < -0.39 is 0 Å². The molecule has 0 radical (unpaired) electrons. The fraction of sp³-hybridized carbons (Fsp3) is 1.00. The standard InChI is InChI=1S/C8H16OS2/c9-5-3-1-2-4-8-6-10-11-7-8/h8-9H,1-7H2. The van der Waals surface area contributed by atoms with Gasteiger partial charge < -0.3 is 5.11 Å². The summed E-state index contributed by atoms with van der Waals surface area (Å²) >= 11 is 0. The third kappa shape index (κ3) is 4.28. The van der Waals surface area contributed by atoms with E-state index in [1.54, 1.807) is 0 Å². The van der Waals surface area contributed by atoms with Crippen molar-refractivity contribution in [3.8, 4) is 0 Å². The second kappa shape index (κ2) is 6.21. The monoisotopic (exact) mass is 192 g/mol. The van der Waals surface area contributed by atoms with Gasteiger partial charge in [0, 0.05) is 18.1 Å². The smallest absolute Gasteiger partial charge is 0.0431 e. The molecule has 1 fully saturated rings. The number of rotatable bonds is 5. The molecule has 1 rings (SSSR count). The summed E-state index contributed by atoms with van der Waals surface area (Å²) in [4.78, 5) is 0. The van der Waals surface area contributed by atoms with E-state index in [9.17, 15) is 0 Å². The van der Waals surface area contributed by atoms with Crippen LogP contribution < -0.4 is 0 Å². The quantitative estimate of drug-likeness (QED) is 0.534. The lowest BCUT2D eigenvalue weighted by molar-refractivity contribution is 0.281. The minimum atomic E-state index is 0.369. The number of aliphatic hydroxyl groups excluding tert-OH is 1. The van der Waals surface area contributed by atoms with Gasteiger partial charge in [-0.2, -0.15) is 0 Å². The zero-order valence-corrected chi connectivity index (χ0v) is 8.42. The summed E-state index contributed by atoms with van der Waals surface area (Å²) in [5, 5.41) is 8.55. The summed E-state index contributed by atoms with van der Waals surface area (Å²) in [7, 11) is 4.03. The van der Waals surface area contributed by atoms with Crippen LogP contribution in [0.25, 0.3) is 0 Å². The Morgan fingerprint density at radius 3 is 2.45 bits per heavy atom. The van der Waals surface area contributed by atoms with Gasteiger partial charge in [0.2, 0.25) is 0 Å². The van der Waals surface area contributed by atoms with Crippen molar-refractivity contribution in [3.05, 3.63) is 0 Å². The highest BCUT2D eigenvalue weighted by Gasteiger charge is 2.14. The molecule has 1 aliphatic heterocycles. The maximum absolute atomic E-state index is 8.55. The molecule has 66 valence electrons. The molecule has 0 atom stereocenters. The van der Waals surface area contributed by atoms with Crippen LogP contribution in [0.5, 0.6) is 0 Å². The average molecular weight is 192 g/mol. The minimum absolute atomic E-state index is 0.369. The molecule has 0 aromatic rings. The first-order valence-corrected chi connectivity index (χ1v) is 6.77. The van der Waals surface area contributed by atoms with Crippen molar-refractivity contribution in [1.82, 2.24) is 0 Å². The van der Waals surface area contributed by atoms with E-state index in [2.05, 4.69) is 0 Å². The van der Waals surface area contributed by atoms with Crippen molar-refractivity contribution in [3.63, 3.8) is 0 Å². The first kappa shape index (κ1) is 9.75. The Morgan fingerprint density at radius 1 is 1.09 bits per heavy atom. The molecule has 1 saturated heterocycles. The van der Waals surface area contributed by atoms with Crippen molar-refractivity contribution in [2.24, 2.45) is 5.92 Å². The second-order valence-corrected chi connectivity index (χ2v) is 5.56. The van der Waals surface area contributed by atoms with Gasteiger partial charge in [-0.25, -0.2) is 0 Å². The zero-order valence-electron chi connectivity index (χ0n) is 6.79. The zero-order chi connectivity index (χ0) is 7.94. The van der Waals surface area contributed by atoms with Gasteiger partial charge in [-0.05, 0) is 18.8 Å². The second-order valence-electron chi connectivity index (χ2n) is 3.01. The van der Waals surface area contributed by atoms with Crippen molar-refractivity contribution < 1.29 is 5.11 Å². The number of aliphatic hydroxyl groups is 1. The van der Waals surface area contributed by atoms with E-state index in [0.29, 0.717) is 6.61 Å². The highest BCUT2D eigenvalue weighted by Crippen LogP contribution is 2.36. The molecular formula is C8H16OS2. The van der Waals surface area contributed by atoms with Crippen LogP contribution in [0.2, 0.25) is 0 Å². The maximum Gasteiger partial charge on any atom is 0.0431 e. The Labute approximate surface area is 76.7 Å². The molecule has 11 heavy (non-hydrogen) atoms. The molecule has 0 amide bonds. The van der Waals surface area contributed by atoms with Crippen LogP contribution in [0.3, 0.4) is 0 Å². The Balaban J connectivity index is 1.86. The van der Waals surface area contributed by atoms with Gasteiger partial charge in [0.05, 0.1) is 0 Å². The largest absolute Gasteiger partial charge is 0.396 e. The Kier molecular flexibility index (Phi) is 5.50. The molecule has 0 saturated carbocycles. The summed E-state index contributed by atoms with van der Waals surface area (Å²) in [5.74, 6) is 3.66. The van der Waals surface area contributed by atoms with Gasteiger partial charge in [-0.1, -0.05) is 34.4 Å². The molecule has 1 nitrogen and oxygen atoms in total. The van der Waals surface area contributed by atoms with E-state index in [0.717, 1.165) is 12.3 Å². The van der Waals surface area contributed by atoms with Crippen molar-refractivity contribution in [2.75, 3.05) is 18.1 Å². The maximum atomic E-state index is 8.55. The first-order chi connectivity index (χ1) is 5.43. The van der Waals surface area contributed by atoms with Crippen LogP contribution in [-0.2, 0) is 0 Å². The predicted octanol–water partition coefficient (Wildman–Crippen LogP) is 2.55. The molecule has 1 heterocycles. The third-order valence-corrected chi connectivity index (χ3v) is 4.66. The lowest BCUT2D eigenvalue weighted by atomic mass is 10.1. The summed E-state index contributed by atoms with van der Waals surface area (Å²) in [6.45, 7) is 0.369. The third-order valence-electron chi connectivity index (χ3n) is 1.96. The highest BCUT2D eigenvalue weighted by molar-refractivity contribution is 8.77. The summed E-state index contributed by atoms with van der Waals surface area (Å²) < 4.78 is 0. The van der Waals surface area contributed by atoms with Gasteiger partial charge in [0.25, 0.3) is 0 Å². The molecule has 1 N–H and O–H groups in total. The fourth-order valence-corrected chi connectivity index (χ4v) is 4.25. The molecule has 1 aliphatic rings.